The SMILES string of the molecule is O=C(c1cnn2cccnc12)N1CC[C@@](O)(CN2CCOCC2)C1. The van der Waals surface area contributed by atoms with E-state index in [-0.39, 0.29) is 5.91 Å². The van der Waals surface area contributed by atoms with E-state index in [9.17, 15) is 9.90 Å². The number of aromatic nitrogens is 3. The first kappa shape index (κ1) is 15.5. The molecule has 1 N–H and O–H groups in total. The molecule has 128 valence electrons. The zero-order valence-electron chi connectivity index (χ0n) is 13.5. The molecule has 8 heteroatoms. The summed E-state index contributed by atoms with van der Waals surface area (Å²) in [4.78, 5) is 20.9. The van der Waals surface area contributed by atoms with Crippen LogP contribution in [0.5, 0.6) is 0 Å². The molecule has 0 bridgehead atoms. The Hall–Kier alpha value is -2.03. The number of rotatable bonds is 3. The molecule has 1 atom stereocenters. The zero-order valence-corrected chi connectivity index (χ0v) is 13.5. The van der Waals surface area contributed by atoms with Crippen molar-refractivity contribution in [2.24, 2.45) is 0 Å². The molecule has 0 spiro atoms. The molecule has 1 amide bonds. The number of ether oxygens (including phenoxy) is 1. The third-order valence-corrected chi connectivity index (χ3v) is 4.75. The molecule has 0 unspecified atom stereocenters. The first-order valence-corrected chi connectivity index (χ1v) is 8.25. The summed E-state index contributed by atoms with van der Waals surface area (Å²) >= 11 is 0. The Morgan fingerprint density at radius 3 is 3.00 bits per heavy atom. The fraction of sp³-hybridized carbons (Fsp3) is 0.562. The summed E-state index contributed by atoms with van der Waals surface area (Å²) in [5, 5.41) is 15.0. The molecule has 2 aromatic heterocycles. The largest absolute Gasteiger partial charge is 0.387 e. The Morgan fingerprint density at radius 2 is 2.17 bits per heavy atom. The number of β-amino-alcohol motifs (C(OH)–C–C–N with tert-alkyl or cyclic N) is 1. The second-order valence-corrected chi connectivity index (χ2v) is 6.54. The Bertz CT molecular complexity index is 742. The van der Waals surface area contributed by atoms with Gasteiger partial charge in [0, 0.05) is 38.6 Å². The van der Waals surface area contributed by atoms with E-state index >= 15 is 0 Å². The number of amides is 1. The van der Waals surface area contributed by atoms with Crippen molar-refractivity contribution in [1.82, 2.24) is 24.4 Å². The summed E-state index contributed by atoms with van der Waals surface area (Å²) in [6.45, 7) is 4.52. The van der Waals surface area contributed by atoms with Crippen LogP contribution in [-0.2, 0) is 4.74 Å². The first-order valence-electron chi connectivity index (χ1n) is 8.25. The van der Waals surface area contributed by atoms with Crippen LogP contribution >= 0.6 is 0 Å². The molecule has 0 saturated carbocycles. The second kappa shape index (κ2) is 6.12. The number of fused-ring (bicyclic) bond motifs is 1. The second-order valence-electron chi connectivity index (χ2n) is 6.54. The molecule has 2 aliphatic heterocycles. The van der Waals surface area contributed by atoms with Crippen molar-refractivity contribution in [1.29, 1.82) is 0 Å². The number of hydrogen-bond donors (Lipinski definition) is 1. The highest BCUT2D eigenvalue weighted by molar-refractivity contribution is 5.99. The van der Waals surface area contributed by atoms with Crippen LogP contribution in [0.1, 0.15) is 16.8 Å². The van der Waals surface area contributed by atoms with Crippen molar-refractivity contribution in [3.8, 4) is 0 Å². The van der Waals surface area contributed by atoms with E-state index in [1.807, 2.05) is 0 Å². The maximum absolute atomic E-state index is 12.8. The topological polar surface area (TPSA) is 83.2 Å². The van der Waals surface area contributed by atoms with Crippen LogP contribution < -0.4 is 0 Å². The van der Waals surface area contributed by atoms with Crippen LogP contribution in [-0.4, -0.2) is 87.0 Å². The van der Waals surface area contributed by atoms with Gasteiger partial charge >= 0.3 is 0 Å². The summed E-state index contributed by atoms with van der Waals surface area (Å²) in [5.41, 5.74) is 0.168. The van der Waals surface area contributed by atoms with E-state index in [2.05, 4.69) is 15.0 Å². The Balaban J connectivity index is 1.46. The minimum Gasteiger partial charge on any atom is -0.387 e. The number of aliphatic hydroxyl groups is 1. The molecule has 0 aliphatic carbocycles. The van der Waals surface area contributed by atoms with Gasteiger partial charge in [-0.25, -0.2) is 9.50 Å². The van der Waals surface area contributed by atoms with E-state index in [1.54, 1.807) is 34.1 Å². The van der Waals surface area contributed by atoms with Crippen molar-refractivity contribution in [2.75, 3.05) is 45.9 Å². The van der Waals surface area contributed by atoms with Gasteiger partial charge in [-0.05, 0) is 12.5 Å². The number of nitrogens with zero attached hydrogens (tertiary/aromatic N) is 5. The normalized spacial score (nSPS) is 25.5. The molecule has 2 saturated heterocycles. The van der Waals surface area contributed by atoms with Gasteiger partial charge in [-0.2, -0.15) is 5.10 Å². The van der Waals surface area contributed by atoms with Crippen molar-refractivity contribution in [3.63, 3.8) is 0 Å². The Labute approximate surface area is 139 Å². The quantitative estimate of drug-likeness (QED) is 0.827. The maximum atomic E-state index is 12.8. The molecule has 24 heavy (non-hydrogen) atoms. The Morgan fingerprint density at radius 1 is 1.33 bits per heavy atom. The van der Waals surface area contributed by atoms with E-state index in [1.165, 1.54) is 0 Å². The number of carbonyl (C=O) groups is 1. The van der Waals surface area contributed by atoms with E-state index in [4.69, 9.17) is 4.74 Å². The van der Waals surface area contributed by atoms with E-state index in [0.717, 1.165) is 13.1 Å². The van der Waals surface area contributed by atoms with Gasteiger partial charge in [0.1, 0.15) is 5.56 Å². The zero-order chi connectivity index (χ0) is 16.6. The summed E-state index contributed by atoms with van der Waals surface area (Å²) < 4.78 is 6.93. The maximum Gasteiger partial charge on any atom is 0.259 e. The number of morpholine rings is 1. The average Bonchev–Trinajstić information content (AvgIpc) is 3.19. The monoisotopic (exact) mass is 331 g/mol. The lowest BCUT2D eigenvalue weighted by atomic mass is 10.0. The fourth-order valence-electron chi connectivity index (χ4n) is 3.48. The highest BCUT2D eigenvalue weighted by Crippen LogP contribution is 2.25. The predicted octanol–water partition coefficient (Wildman–Crippen LogP) is -0.361. The molecule has 0 radical (unpaired) electrons. The van der Waals surface area contributed by atoms with Gasteiger partial charge in [-0.15, -0.1) is 0 Å². The van der Waals surface area contributed by atoms with Gasteiger partial charge in [0.25, 0.3) is 5.91 Å². The molecule has 4 heterocycles. The van der Waals surface area contributed by atoms with Crippen molar-refractivity contribution in [3.05, 3.63) is 30.2 Å². The van der Waals surface area contributed by atoms with Crippen LogP contribution in [0.4, 0.5) is 0 Å². The van der Waals surface area contributed by atoms with Gasteiger partial charge in [0.15, 0.2) is 5.65 Å². The first-order chi connectivity index (χ1) is 11.6. The number of hydrogen-bond acceptors (Lipinski definition) is 6. The van der Waals surface area contributed by atoms with Crippen LogP contribution in [0.15, 0.2) is 24.7 Å². The van der Waals surface area contributed by atoms with Gasteiger partial charge < -0.3 is 14.7 Å². The van der Waals surface area contributed by atoms with Crippen molar-refractivity contribution < 1.29 is 14.6 Å². The van der Waals surface area contributed by atoms with Crippen LogP contribution in [0.2, 0.25) is 0 Å². The minimum atomic E-state index is -0.858. The Kier molecular flexibility index (Phi) is 3.95. The highest BCUT2D eigenvalue weighted by atomic mass is 16.5. The molecule has 2 aliphatic rings. The smallest absolute Gasteiger partial charge is 0.259 e. The number of carbonyl (C=O) groups excluding carboxylic acids is 1. The lowest BCUT2D eigenvalue weighted by molar-refractivity contribution is -0.0257. The summed E-state index contributed by atoms with van der Waals surface area (Å²) in [6.07, 6.45) is 5.54. The van der Waals surface area contributed by atoms with Crippen molar-refractivity contribution in [2.45, 2.75) is 12.0 Å². The van der Waals surface area contributed by atoms with Gasteiger partial charge in [0.05, 0.1) is 31.6 Å². The van der Waals surface area contributed by atoms with Crippen LogP contribution in [0.3, 0.4) is 0 Å². The van der Waals surface area contributed by atoms with Gasteiger partial charge in [-0.3, -0.25) is 9.69 Å². The lowest BCUT2D eigenvalue weighted by Crippen LogP contribution is -2.49. The molecular weight excluding hydrogens is 310 g/mol. The van der Waals surface area contributed by atoms with E-state index < -0.39 is 5.60 Å². The standard InChI is InChI=1S/C16H21N5O3/c22-15(13-10-18-21-4-1-3-17-14(13)21)20-5-2-16(23,12-20)11-19-6-8-24-9-7-19/h1,3-4,10,23H,2,5-9,11-12H2/t16-/m1/s1. The minimum absolute atomic E-state index is 0.124. The molecular formula is C16H21N5O3. The number of likely N-dealkylation sites (tertiary alicyclic amines) is 1. The summed E-state index contributed by atoms with van der Waals surface area (Å²) in [6, 6.07) is 1.77. The summed E-state index contributed by atoms with van der Waals surface area (Å²) in [5.74, 6) is -0.124. The fourth-order valence-corrected chi connectivity index (χ4v) is 3.48. The molecule has 8 nitrogen and oxygen atoms in total. The third-order valence-electron chi connectivity index (χ3n) is 4.75. The van der Waals surface area contributed by atoms with E-state index in [0.29, 0.717) is 50.5 Å². The molecule has 4 rings (SSSR count). The van der Waals surface area contributed by atoms with Gasteiger partial charge in [0.2, 0.25) is 0 Å². The molecule has 0 aromatic carbocycles. The highest BCUT2D eigenvalue weighted by Gasteiger charge is 2.40. The van der Waals surface area contributed by atoms with Crippen LogP contribution in [0, 0.1) is 0 Å². The lowest BCUT2D eigenvalue weighted by Gasteiger charge is -2.33. The summed E-state index contributed by atoms with van der Waals surface area (Å²) in [7, 11) is 0. The van der Waals surface area contributed by atoms with Gasteiger partial charge in [-0.1, -0.05) is 0 Å². The third kappa shape index (κ3) is 2.88. The average molecular weight is 331 g/mol. The van der Waals surface area contributed by atoms with Crippen molar-refractivity contribution >= 4 is 11.6 Å². The molecule has 2 fully saturated rings. The predicted molar refractivity (Wildman–Crippen MR) is 85.7 cm³/mol. The van der Waals surface area contributed by atoms with Crippen LogP contribution in [0.25, 0.3) is 5.65 Å². The molecule has 2 aromatic rings.